The molecule has 0 aliphatic heterocycles. The number of rotatable bonds is 5. The molecule has 4 heteroatoms. The fourth-order valence-corrected chi connectivity index (χ4v) is 2.26. The first kappa shape index (κ1) is 15.5. The molecule has 1 N–H and O–H groups in total. The molecule has 0 aromatic heterocycles. The predicted octanol–water partition coefficient (Wildman–Crippen LogP) is 1.89. The van der Waals surface area contributed by atoms with Crippen LogP contribution >= 0.6 is 0 Å². The Morgan fingerprint density at radius 2 is 2.05 bits per heavy atom. The summed E-state index contributed by atoms with van der Waals surface area (Å²) in [6.45, 7) is 6.54. The highest BCUT2D eigenvalue weighted by Gasteiger charge is 2.34. The molecule has 4 nitrogen and oxygen atoms in total. The third-order valence-electron chi connectivity index (χ3n) is 3.50. The molecule has 0 fully saturated rings. The van der Waals surface area contributed by atoms with Crippen molar-refractivity contribution in [2.75, 3.05) is 32.6 Å². The van der Waals surface area contributed by atoms with Crippen molar-refractivity contribution in [3.8, 4) is 0 Å². The van der Waals surface area contributed by atoms with Crippen LogP contribution in [0, 0.1) is 13.8 Å². The second-order valence-electron chi connectivity index (χ2n) is 5.22. The fourth-order valence-electron chi connectivity index (χ4n) is 2.26. The summed E-state index contributed by atoms with van der Waals surface area (Å²) in [6, 6.07) is 6.30. The summed E-state index contributed by atoms with van der Waals surface area (Å²) < 4.78 is 4.86. The maximum Gasteiger partial charge on any atom is 0.327 e. The van der Waals surface area contributed by atoms with E-state index >= 15 is 0 Å². The number of hydrogen-bond acceptors (Lipinski definition) is 4. The molecule has 0 radical (unpaired) electrons. The lowest BCUT2D eigenvalue weighted by Gasteiger charge is -2.32. The minimum atomic E-state index is -0.721. The van der Waals surface area contributed by atoms with Crippen LogP contribution in [0.5, 0.6) is 0 Å². The average molecular weight is 264 g/mol. The number of nitrogens with one attached hydrogen (secondary N) is 1. The average Bonchev–Trinajstić information content (AvgIpc) is 2.37. The van der Waals surface area contributed by atoms with Crippen molar-refractivity contribution in [3.63, 3.8) is 0 Å². The lowest BCUT2D eigenvalue weighted by atomic mass is 10.0. The quantitative estimate of drug-likeness (QED) is 0.825. The second kappa shape index (κ2) is 6.06. The summed E-state index contributed by atoms with van der Waals surface area (Å²) in [5, 5.41) is 3.04. The topological polar surface area (TPSA) is 41.6 Å². The number of likely N-dealkylation sites (N-methyl/N-ethyl adjacent to an activating group) is 2. The molecule has 0 aliphatic carbocycles. The molecule has 0 amide bonds. The van der Waals surface area contributed by atoms with Crippen molar-refractivity contribution in [1.82, 2.24) is 5.32 Å². The van der Waals surface area contributed by atoms with Gasteiger partial charge in [0.2, 0.25) is 0 Å². The highest BCUT2D eigenvalue weighted by molar-refractivity contribution is 5.81. The summed E-state index contributed by atoms with van der Waals surface area (Å²) in [4.78, 5) is 13.9. The number of nitrogens with zero attached hydrogens (tertiary/aromatic N) is 1. The van der Waals surface area contributed by atoms with Gasteiger partial charge in [-0.3, -0.25) is 0 Å². The highest BCUT2D eigenvalue weighted by atomic mass is 16.5. The molecule has 1 rings (SSSR count). The normalized spacial score (nSPS) is 13.8. The maximum atomic E-state index is 11.9. The Morgan fingerprint density at radius 1 is 1.42 bits per heavy atom. The summed E-state index contributed by atoms with van der Waals surface area (Å²) in [5.74, 6) is -0.258. The molecule has 1 atom stereocenters. The molecule has 0 saturated carbocycles. The fraction of sp³-hybridized carbons (Fsp3) is 0.533. The van der Waals surface area contributed by atoms with Crippen LogP contribution in [-0.2, 0) is 9.53 Å². The van der Waals surface area contributed by atoms with Gasteiger partial charge in [-0.25, -0.2) is 4.79 Å². The van der Waals surface area contributed by atoms with Gasteiger partial charge in [0.15, 0.2) is 0 Å². The molecule has 0 spiro atoms. The van der Waals surface area contributed by atoms with E-state index in [2.05, 4.69) is 42.3 Å². The van der Waals surface area contributed by atoms with Crippen LogP contribution in [0.4, 0.5) is 5.69 Å². The minimum absolute atomic E-state index is 0.258. The monoisotopic (exact) mass is 264 g/mol. The smallest absolute Gasteiger partial charge is 0.327 e. The van der Waals surface area contributed by atoms with Gasteiger partial charge >= 0.3 is 5.97 Å². The Morgan fingerprint density at radius 3 is 2.53 bits per heavy atom. The zero-order chi connectivity index (χ0) is 14.6. The number of benzene rings is 1. The van der Waals surface area contributed by atoms with Crippen LogP contribution in [0.15, 0.2) is 18.2 Å². The van der Waals surface area contributed by atoms with E-state index in [1.807, 2.05) is 14.0 Å². The van der Waals surface area contributed by atoms with Gasteiger partial charge in [0.1, 0.15) is 5.54 Å². The third-order valence-corrected chi connectivity index (χ3v) is 3.50. The van der Waals surface area contributed by atoms with E-state index in [0.29, 0.717) is 6.54 Å². The van der Waals surface area contributed by atoms with Crippen molar-refractivity contribution in [1.29, 1.82) is 0 Å². The van der Waals surface area contributed by atoms with Crippen molar-refractivity contribution in [2.45, 2.75) is 26.3 Å². The van der Waals surface area contributed by atoms with E-state index in [4.69, 9.17) is 4.74 Å². The van der Waals surface area contributed by atoms with Crippen molar-refractivity contribution in [3.05, 3.63) is 29.3 Å². The molecule has 1 aromatic carbocycles. The molecule has 0 heterocycles. The van der Waals surface area contributed by atoms with E-state index < -0.39 is 5.54 Å². The van der Waals surface area contributed by atoms with Crippen molar-refractivity contribution >= 4 is 11.7 Å². The van der Waals surface area contributed by atoms with Gasteiger partial charge < -0.3 is 15.0 Å². The highest BCUT2D eigenvalue weighted by Crippen LogP contribution is 2.22. The summed E-state index contributed by atoms with van der Waals surface area (Å²) in [5.41, 5.74) is 2.83. The van der Waals surface area contributed by atoms with Crippen LogP contribution in [0.2, 0.25) is 0 Å². The molecular weight excluding hydrogens is 240 g/mol. The first-order valence-corrected chi connectivity index (χ1v) is 6.40. The van der Waals surface area contributed by atoms with Gasteiger partial charge in [0.05, 0.1) is 7.11 Å². The lowest BCUT2D eigenvalue weighted by Crippen LogP contribution is -2.55. The van der Waals surface area contributed by atoms with Gasteiger partial charge in [-0.15, -0.1) is 0 Å². The van der Waals surface area contributed by atoms with Crippen LogP contribution in [-0.4, -0.2) is 39.3 Å². The summed E-state index contributed by atoms with van der Waals surface area (Å²) in [7, 11) is 5.16. The molecular formula is C15H24N2O2. The number of methoxy groups -OCH3 is 1. The van der Waals surface area contributed by atoms with E-state index in [9.17, 15) is 4.79 Å². The molecule has 1 unspecified atom stereocenters. The number of ether oxygens (including phenoxy) is 1. The Balaban J connectivity index is 2.94. The van der Waals surface area contributed by atoms with E-state index in [-0.39, 0.29) is 5.97 Å². The zero-order valence-corrected chi connectivity index (χ0v) is 12.7. The van der Waals surface area contributed by atoms with Gasteiger partial charge in [-0.2, -0.15) is 0 Å². The first-order valence-electron chi connectivity index (χ1n) is 6.40. The number of carbonyl (C=O) groups is 1. The SMILES string of the molecule is CNC(C)(CN(C)c1ccc(C)cc1C)C(=O)OC. The van der Waals surface area contributed by atoms with Gasteiger partial charge in [0, 0.05) is 19.3 Å². The third kappa shape index (κ3) is 3.47. The Bertz CT molecular complexity index is 459. The number of aryl methyl sites for hydroxylation is 2. The number of carbonyl (C=O) groups excluding carboxylic acids is 1. The second-order valence-corrected chi connectivity index (χ2v) is 5.22. The van der Waals surface area contributed by atoms with E-state index in [1.54, 1.807) is 7.05 Å². The number of hydrogen-bond donors (Lipinski definition) is 1. The van der Waals surface area contributed by atoms with E-state index in [0.717, 1.165) is 5.69 Å². The molecule has 0 aliphatic rings. The lowest BCUT2D eigenvalue weighted by molar-refractivity contribution is -0.147. The number of anilines is 1. The molecule has 0 bridgehead atoms. The Kier molecular flexibility index (Phi) is 4.95. The Labute approximate surface area is 115 Å². The molecule has 1 aromatic rings. The van der Waals surface area contributed by atoms with Crippen molar-refractivity contribution in [2.24, 2.45) is 0 Å². The van der Waals surface area contributed by atoms with Crippen LogP contribution < -0.4 is 10.2 Å². The summed E-state index contributed by atoms with van der Waals surface area (Å²) in [6.07, 6.45) is 0. The first-order chi connectivity index (χ1) is 8.84. The van der Waals surface area contributed by atoms with Gasteiger partial charge in [0.25, 0.3) is 0 Å². The Hall–Kier alpha value is -1.55. The van der Waals surface area contributed by atoms with Crippen LogP contribution in [0.3, 0.4) is 0 Å². The number of esters is 1. The summed E-state index contributed by atoms with van der Waals surface area (Å²) >= 11 is 0. The molecule has 19 heavy (non-hydrogen) atoms. The maximum absolute atomic E-state index is 11.9. The predicted molar refractivity (Wildman–Crippen MR) is 78.7 cm³/mol. The van der Waals surface area contributed by atoms with E-state index in [1.165, 1.54) is 18.2 Å². The van der Waals surface area contributed by atoms with Crippen molar-refractivity contribution < 1.29 is 9.53 Å². The van der Waals surface area contributed by atoms with Crippen LogP contribution in [0.1, 0.15) is 18.1 Å². The standard InChI is InChI=1S/C15H24N2O2/c1-11-7-8-13(12(2)9-11)17(5)10-15(3,16-4)14(18)19-6/h7-9,16H,10H2,1-6H3. The minimum Gasteiger partial charge on any atom is -0.468 e. The van der Waals surface area contributed by atoms with Gasteiger partial charge in [-0.1, -0.05) is 17.7 Å². The molecule has 0 saturated heterocycles. The zero-order valence-electron chi connectivity index (χ0n) is 12.7. The van der Waals surface area contributed by atoms with Gasteiger partial charge in [-0.05, 0) is 39.4 Å². The molecule has 106 valence electrons. The largest absolute Gasteiger partial charge is 0.468 e. The van der Waals surface area contributed by atoms with Crippen LogP contribution in [0.25, 0.3) is 0 Å².